The Morgan fingerprint density at radius 2 is 1.18 bits per heavy atom. The number of nitrogens with zero attached hydrogens (tertiary/aromatic N) is 1. The van der Waals surface area contributed by atoms with Crippen LogP contribution in [0.15, 0.2) is 216 Å². The zero-order chi connectivity index (χ0) is 36.7. The number of rotatable bonds is 5. The summed E-state index contributed by atoms with van der Waals surface area (Å²) in [6.07, 6.45) is 11.7. The van der Waals surface area contributed by atoms with Gasteiger partial charge < -0.3 is 9.32 Å². The van der Waals surface area contributed by atoms with Crippen LogP contribution in [-0.2, 0) is 0 Å². The first-order valence-electron chi connectivity index (χ1n) is 19.5. The Balaban J connectivity index is 0.969. The molecule has 0 fully saturated rings. The van der Waals surface area contributed by atoms with Crippen LogP contribution in [0.3, 0.4) is 0 Å². The van der Waals surface area contributed by atoms with Gasteiger partial charge in [-0.1, -0.05) is 158 Å². The largest absolute Gasteiger partial charge is 0.455 e. The molecule has 0 spiro atoms. The van der Waals surface area contributed by atoms with E-state index in [1.165, 1.54) is 60.6 Å². The molecule has 0 N–H and O–H groups in total. The first-order valence-corrected chi connectivity index (χ1v) is 19.5. The fraction of sp³-hybridized carbons (Fsp3) is 0.0370. The Morgan fingerprint density at radius 1 is 0.500 bits per heavy atom. The minimum atomic E-state index is 0.276. The van der Waals surface area contributed by atoms with Gasteiger partial charge in [0.1, 0.15) is 11.2 Å². The number of hydrogen-bond acceptors (Lipinski definition) is 2. The average Bonchev–Trinajstić information content (AvgIpc) is 3.81. The van der Waals surface area contributed by atoms with Crippen LogP contribution in [0.1, 0.15) is 17.0 Å². The van der Waals surface area contributed by atoms with Crippen molar-refractivity contribution >= 4 is 60.4 Å². The molecule has 2 nitrogen and oxygen atoms in total. The standard InChI is InChI=1S/C54H35NO/c1-2-11-43-35(9-1)19-20-38-31-37(25-30-44(38)43)34-21-26-40(27-22-34)55(42-32-39-10-7-16-49-46-12-3-4-13-47(46)51(33-42)53(39)49)41-28-23-36(24-29-41)45-15-8-17-50-48-14-5-6-18-52(48)56-54(45)50/h1-33,51,53H. The fourth-order valence-corrected chi connectivity index (χ4v) is 9.61. The van der Waals surface area contributed by atoms with Crippen LogP contribution < -0.4 is 4.90 Å². The lowest BCUT2D eigenvalue weighted by Crippen LogP contribution is -2.22. The second-order valence-electron chi connectivity index (χ2n) is 15.2. The van der Waals surface area contributed by atoms with E-state index in [0.717, 1.165) is 44.4 Å². The third-order valence-electron chi connectivity index (χ3n) is 12.2. The number of benzene rings is 8. The third kappa shape index (κ3) is 4.76. The topological polar surface area (TPSA) is 16.4 Å². The van der Waals surface area contributed by atoms with Gasteiger partial charge in [0.15, 0.2) is 0 Å². The van der Waals surface area contributed by atoms with Crippen molar-refractivity contribution in [1.29, 1.82) is 0 Å². The van der Waals surface area contributed by atoms with Gasteiger partial charge in [0.05, 0.1) is 0 Å². The van der Waals surface area contributed by atoms with Crippen molar-refractivity contribution in [3.05, 3.63) is 223 Å². The summed E-state index contributed by atoms with van der Waals surface area (Å²) in [5.74, 6) is 0.625. The Bertz CT molecular complexity index is 3190. The maximum Gasteiger partial charge on any atom is 0.143 e. The highest BCUT2D eigenvalue weighted by atomic mass is 16.3. The molecule has 0 amide bonds. The Labute approximate surface area is 325 Å². The molecule has 3 aliphatic carbocycles. The number of anilines is 2. The van der Waals surface area contributed by atoms with E-state index < -0.39 is 0 Å². The number of para-hydroxylation sites is 2. The molecule has 2 heteroatoms. The van der Waals surface area contributed by atoms with Crippen LogP contribution in [0.5, 0.6) is 0 Å². The van der Waals surface area contributed by atoms with Crippen LogP contribution in [-0.4, -0.2) is 0 Å². The monoisotopic (exact) mass is 713 g/mol. The summed E-state index contributed by atoms with van der Waals surface area (Å²) in [4.78, 5) is 2.43. The molecule has 262 valence electrons. The first-order chi connectivity index (χ1) is 27.7. The second-order valence-corrected chi connectivity index (χ2v) is 15.2. The maximum absolute atomic E-state index is 6.44. The van der Waals surface area contributed by atoms with E-state index in [9.17, 15) is 0 Å². The van der Waals surface area contributed by atoms with Gasteiger partial charge in [0.2, 0.25) is 0 Å². The fourth-order valence-electron chi connectivity index (χ4n) is 9.61. The Morgan fingerprint density at radius 3 is 2.05 bits per heavy atom. The molecule has 0 radical (unpaired) electrons. The maximum atomic E-state index is 6.44. The van der Waals surface area contributed by atoms with Crippen molar-refractivity contribution in [1.82, 2.24) is 0 Å². The van der Waals surface area contributed by atoms with Crippen LogP contribution in [0, 0.1) is 5.92 Å². The summed E-state index contributed by atoms with van der Waals surface area (Å²) in [5, 5.41) is 7.39. The highest BCUT2D eigenvalue weighted by Gasteiger charge is 2.40. The van der Waals surface area contributed by atoms with E-state index in [2.05, 4.69) is 193 Å². The van der Waals surface area contributed by atoms with Crippen molar-refractivity contribution in [2.75, 3.05) is 4.90 Å². The van der Waals surface area contributed by atoms with Crippen LogP contribution >= 0.6 is 0 Å². The van der Waals surface area contributed by atoms with Crippen molar-refractivity contribution in [2.45, 2.75) is 5.92 Å². The number of fused-ring (bicyclic) bond motifs is 9. The van der Waals surface area contributed by atoms with E-state index in [-0.39, 0.29) is 5.92 Å². The van der Waals surface area contributed by atoms with Gasteiger partial charge in [-0.3, -0.25) is 0 Å². The zero-order valence-corrected chi connectivity index (χ0v) is 30.6. The summed E-state index contributed by atoms with van der Waals surface area (Å²) in [6, 6.07) is 61.7. The predicted octanol–water partition coefficient (Wildman–Crippen LogP) is 14.6. The minimum Gasteiger partial charge on any atom is -0.455 e. The highest BCUT2D eigenvalue weighted by Crippen LogP contribution is 2.55. The van der Waals surface area contributed by atoms with Crippen LogP contribution in [0.25, 0.3) is 71.3 Å². The van der Waals surface area contributed by atoms with Gasteiger partial charge in [0.25, 0.3) is 0 Å². The van der Waals surface area contributed by atoms with Crippen molar-refractivity contribution in [3.8, 4) is 22.3 Å². The number of hydrogen-bond donors (Lipinski definition) is 0. The molecule has 0 aliphatic heterocycles. The molecule has 1 heterocycles. The van der Waals surface area contributed by atoms with Gasteiger partial charge >= 0.3 is 0 Å². The molecule has 8 aromatic carbocycles. The molecule has 0 bridgehead atoms. The Kier molecular flexibility index (Phi) is 6.79. The van der Waals surface area contributed by atoms with Gasteiger partial charge in [-0.05, 0) is 103 Å². The quantitative estimate of drug-likeness (QED) is 0.165. The Hall–Kier alpha value is -7.16. The molecular formula is C54H35NO. The summed E-state index contributed by atoms with van der Waals surface area (Å²) >= 11 is 0. The average molecular weight is 714 g/mol. The molecule has 2 atom stereocenters. The molecule has 9 aromatic rings. The predicted molar refractivity (Wildman–Crippen MR) is 234 cm³/mol. The number of furan rings is 1. The molecule has 2 unspecified atom stereocenters. The van der Waals surface area contributed by atoms with Gasteiger partial charge in [0, 0.05) is 45.2 Å². The van der Waals surface area contributed by atoms with E-state index in [1.54, 1.807) is 0 Å². The van der Waals surface area contributed by atoms with E-state index in [4.69, 9.17) is 4.42 Å². The van der Waals surface area contributed by atoms with Gasteiger partial charge in [-0.15, -0.1) is 0 Å². The molecular weight excluding hydrogens is 679 g/mol. The van der Waals surface area contributed by atoms with Crippen molar-refractivity contribution in [3.63, 3.8) is 0 Å². The molecule has 56 heavy (non-hydrogen) atoms. The van der Waals surface area contributed by atoms with Gasteiger partial charge in [-0.2, -0.15) is 0 Å². The lowest BCUT2D eigenvalue weighted by molar-refractivity contribution is 0.670. The van der Waals surface area contributed by atoms with E-state index >= 15 is 0 Å². The summed E-state index contributed by atoms with van der Waals surface area (Å²) < 4.78 is 6.44. The molecule has 0 saturated heterocycles. The minimum absolute atomic E-state index is 0.276. The lowest BCUT2D eigenvalue weighted by atomic mass is 9.77. The summed E-state index contributed by atoms with van der Waals surface area (Å²) in [7, 11) is 0. The second kappa shape index (κ2) is 12.2. The zero-order valence-electron chi connectivity index (χ0n) is 30.6. The first kappa shape index (κ1) is 31.2. The smallest absolute Gasteiger partial charge is 0.143 e. The molecule has 1 aromatic heterocycles. The summed E-state index contributed by atoms with van der Waals surface area (Å²) in [6.45, 7) is 0. The van der Waals surface area contributed by atoms with Crippen LogP contribution in [0.4, 0.5) is 11.4 Å². The van der Waals surface area contributed by atoms with Crippen molar-refractivity contribution < 1.29 is 4.42 Å². The molecule has 3 aliphatic rings. The normalized spacial score (nSPS) is 16.8. The summed E-state index contributed by atoms with van der Waals surface area (Å²) in [5.41, 5.74) is 15.5. The van der Waals surface area contributed by atoms with E-state index in [1.807, 2.05) is 12.1 Å². The highest BCUT2D eigenvalue weighted by molar-refractivity contribution is 6.10. The molecule has 0 saturated carbocycles. The van der Waals surface area contributed by atoms with Crippen molar-refractivity contribution in [2.24, 2.45) is 5.92 Å². The lowest BCUT2D eigenvalue weighted by Gasteiger charge is -2.33. The SMILES string of the molecule is C1=CC2=CC(N(c3ccc(-c4ccc5c(ccc6ccccc65)c4)cc3)c3ccc(-c4cccc5c4oc4ccccc45)cc3)=CC3c4ccccc4C(=C1)C23. The molecule has 12 rings (SSSR count). The van der Waals surface area contributed by atoms with E-state index in [0.29, 0.717) is 5.92 Å². The third-order valence-corrected chi connectivity index (χ3v) is 12.2. The number of allylic oxidation sites excluding steroid dienone is 7. The van der Waals surface area contributed by atoms with Crippen LogP contribution in [0.2, 0.25) is 0 Å². The van der Waals surface area contributed by atoms with Gasteiger partial charge in [-0.25, -0.2) is 0 Å².